The molecule has 1 rings (SSSR count). The minimum absolute atomic E-state index is 0.0947. The Morgan fingerprint density at radius 2 is 1.48 bits per heavy atom. The quantitative estimate of drug-likeness (QED) is 0.505. The summed E-state index contributed by atoms with van der Waals surface area (Å²) in [5.41, 5.74) is 11.7. The minimum atomic E-state index is -4.06. The highest BCUT2D eigenvalue weighted by Crippen LogP contribution is 2.12. The van der Waals surface area contributed by atoms with Gasteiger partial charge in [0, 0.05) is 5.69 Å². The van der Waals surface area contributed by atoms with Gasteiger partial charge in [0.2, 0.25) is 5.91 Å². The van der Waals surface area contributed by atoms with Crippen LogP contribution in [0.1, 0.15) is 27.7 Å². The first-order chi connectivity index (χ1) is 11.5. The van der Waals surface area contributed by atoms with Crippen LogP contribution in [0.15, 0.2) is 29.2 Å². The van der Waals surface area contributed by atoms with Crippen molar-refractivity contribution in [3.8, 4) is 0 Å². The van der Waals surface area contributed by atoms with Crippen molar-refractivity contribution in [1.29, 1.82) is 0 Å². The van der Waals surface area contributed by atoms with Gasteiger partial charge in [-0.15, -0.1) is 0 Å². The van der Waals surface area contributed by atoms with Crippen LogP contribution in [0.4, 0.5) is 5.69 Å². The number of rotatable bonds is 7. The summed E-state index contributed by atoms with van der Waals surface area (Å²) >= 11 is 0. The predicted molar refractivity (Wildman–Crippen MR) is 95.8 cm³/mol. The van der Waals surface area contributed by atoms with E-state index < -0.39 is 33.9 Å². The van der Waals surface area contributed by atoms with Crippen molar-refractivity contribution in [2.45, 2.75) is 44.7 Å². The number of anilines is 1. The van der Waals surface area contributed by atoms with Crippen molar-refractivity contribution in [2.75, 3.05) is 5.73 Å². The van der Waals surface area contributed by atoms with E-state index in [2.05, 4.69) is 5.32 Å². The lowest BCUT2D eigenvalue weighted by Gasteiger charge is -2.24. The van der Waals surface area contributed by atoms with Gasteiger partial charge in [-0.1, -0.05) is 27.7 Å². The van der Waals surface area contributed by atoms with Crippen LogP contribution in [-0.4, -0.2) is 32.3 Å². The normalized spacial score (nSPS) is 14.2. The third-order valence-corrected chi connectivity index (χ3v) is 5.06. The predicted octanol–water partition coefficient (Wildman–Crippen LogP) is 0.198. The highest BCUT2D eigenvalue weighted by Gasteiger charge is 2.30. The van der Waals surface area contributed by atoms with E-state index in [0.717, 1.165) is 0 Å². The number of nitrogens with one attached hydrogen (secondary N) is 2. The largest absolute Gasteiger partial charge is 0.399 e. The molecule has 0 saturated carbocycles. The van der Waals surface area contributed by atoms with Crippen LogP contribution >= 0.6 is 0 Å². The lowest BCUT2D eigenvalue weighted by molar-refractivity contribution is -0.130. The number of hydrogen-bond acceptors (Lipinski definition) is 6. The maximum Gasteiger partial charge on any atom is 0.264 e. The Morgan fingerprint density at radius 3 is 1.92 bits per heavy atom. The van der Waals surface area contributed by atoms with Gasteiger partial charge in [0.25, 0.3) is 15.9 Å². The number of sulfonamides is 1. The monoisotopic (exact) mass is 370 g/mol. The molecule has 140 valence electrons. The van der Waals surface area contributed by atoms with Crippen LogP contribution in [0.2, 0.25) is 0 Å². The molecule has 0 saturated heterocycles. The second-order valence-electron chi connectivity index (χ2n) is 6.54. The number of nitrogen functional groups attached to an aromatic ring is 1. The lowest BCUT2D eigenvalue weighted by atomic mass is 10.0. The maximum atomic E-state index is 12.4. The molecule has 25 heavy (non-hydrogen) atoms. The molecular weight excluding hydrogens is 344 g/mol. The molecule has 0 aliphatic rings. The van der Waals surface area contributed by atoms with Crippen LogP contribution in [0.25, 0.3) is 0 Å². The van der Waals surface area contributed by atoms with Crippen molar-refractivity contribution in [3.63, 3.8) is 0 Å². The number of hydrogen-bond donors (Lipinski definition) is 4. The molecule has 0 radical (unpaired) electrons. The molecule has 0 aromatic heterocycles. The maximum absolute atomic E-state index is 12.4. The Labute approximate surface area is 148 Å². The number of amides is 2. The molecule has 0 heterocycles. The molecule has 0 bridgehead atoms. The molecule has 0 spiro atoms. The van der Waals surface area contributed by atoms with Crippen LogP contribution in [0.5, 0.6) is 0 Å². The molecule has 6 N–H and O–H groups in total. The molecule has 2 amide bonds. The van der Waals surface area contributed by atoms with E-state index in [1.165, 1.54) is 24.3 Å². The van der Waals surface area contributed by atoms with E-state index in [1.54, 1.807) is 27.7 Å². The highest BCUT2D eigenvalue weighted by molar-refractivity contribution is 7.90. The first-order valence-corrected chi connectivity index (χ1v) is 9.42. The zero-order chi connectivity index (χ0) is 19.4. The number of carbonyl (C=O) groups excluding carboxylic acids is 2. The minimum Gasteiger partial charge on any atom is -0.399 e. The Morgan fingerprint density at radius 1 is 0.960 bits per heavy atom. The summed E-state index contributed by atoms with van der Waals surface area (Å²) in [5.74, 6) is -1.77. The van der Waals surface area contributed by atoms with Crippen LogP contribution in [0, 0.1) is 11.8 Å². The summed E-state index contributed by atoms with van der Waals surface area (Å²) in [6, 6.07) is 3.61. The van der Waals surface area contributed by atoms with Crippen molar-refractivity contribution < 1.29 is 18.0 Å². The molecule has 8 nitrogen and oxygen atoms in total. The summed E-state index contributed by atoms with van der Waals surface area (Å²) < 4.78 is 26.6. The van der Waals surface area contributed by atoms with Crippen molar-refractivity contribution in [3.05, 3.63) is 24.3 Å². The van der Waals surface area contributed by atoms with Gasteiger partial charge in [0.05, 0.1) is 10.9 Å². The molecule has 0 unspecified atom stereocenters. The van der Waals surface area contributed by atoms with Gasteiger partial charge in [0.15, 0.2) is 0 Å². The zero-order valence-corrected chi connectivity index (χ0v) is 15.6. The third-order valence-electron chi connectivity index (χ3n) is 3.69. The first-order valence-electron chi connectivity index (χ1n) is 7.94. The van der Waals surface area contributed by atoms with Crippen molar-refractivity contribution in [1.82, 2.24) is 10.0 Å². The van der Waals surface area contributed by atoms with Crippen LogP contribution < -0.4 is 21.5 Å². The van der Waals surface area contributed by atoms with E-state index in [0.29, 0.717) is 5.69 Å². The van der Waals surface area contributed by atoms with Crippen LogP contribution in [-0.2, 0) is 19.6 Å². The second-order valence-corrected chi connectivity index (χ2v) is 8.22. The van der Waals surface area contributed by atoms with E-state index in [-0.39, 0.29) is 16.7 Å². The fourth-order valence-electron chi connectivity index (χ4n) is 1.99. The van der Waals surface area contributed by atoms with Gasteiger partial charge in [-0.2, -0.15) is 0 Å². The highest BCUT2D eigenvalue weighted by atomic mass is 32.2. The standard InChI is InChI=1S/C16H26N4O4S/c1-9(2)13(18)15(21)19-14(10(3)4)16(22)20-25(23,24)12-7-5-11(17)6-8-12/h5-10,13-14H,17-18H2,1-4H3,(H,19,21)(H,20,22)/t13-,14+/m1/s1. The smallest absolute Gasteiger partial charge is 0.264 e. The zero-order valence-electron chi connectivity index (χ0n) is 14.8. The Bertz CT molecular complexity index is 714. The van der Waals surface area contributed by atoms with E-state index in [4.69, 9.17) is 11.5 Å². The second kappa shape index (κ2) is 8.30. The molecule has 0 aliphatic heterocycles. The molecule has 2 atom stereocenters. The number of carbonyl (C=O) groups is 2. The van der Waals surface area contributed by atoms with E-state index in [9.17, 15) is 18.0 Å². The summed E-state index contributed by atoms with van der Waals surface area (Å²) in [5, 5.41) is 2.52. The molecule has 0 aliphatic carbocycles. The van der Waals surface area contributed by atoms with Gasteiger partial charge < -0.3 is 16.8 Å². The molecule has 0 fully saturated rings. The molecule has 1 aromatic carbocycles. The Kier molecular flexibility index (Phi) is 6.95. The lowest BCUT2D eigenvalue weighted by Crippen LogP contribution is -2.55. The fourth-order valence-corrected chi connectivity index (χ4v) is 2.99. The van der Waals surface area contributed by atoms with E-state index >= 15 is 0 Å². The third kappa shape index (κ3) is 5.71. The molecule has 9 heteroatoms. The fraction of sp³-hybridized carbons (Fsp3) is 0.500. The van der Waals surface area contributed by atoms with Crippen molar-refractivity contribution in [2.24, 2.45) is 17.6 Å². The first kappa shape index (κ1) is 20.9. The summed E-state index contributed by atoms with van der Waals surface area (Å²) in [6.45, 7) is 6.95. The van der Waals surface area contributed by atoms with Crippen molar-refractivity contribution >= 4 is 27.5 Å². The van der Waals surface area contributed by atoms with Gasteiger partial charge in [-0.3, -0.25) is 9.59 Å². The Balaban J connectivity index is 2.93. The van der Waals surface area contributed by atoms with Gasteiger partial charge in [-0.25, -0.2) is 13.1 Å². The number of benzene rings is 1. The van der Waals surface area contributed by atoms with Gasteiger partial charge in [-0.05, 0) is 36.1 Å². The SMILES string of the molecule is CC(C)[C@H](NC(=O)[C@H](N)C(C)C)C(=O)NS(=O)(=O)c1ccc(N)cc1. The summed E-state index contributed by atoms with van der Waals surface area (Å²) in [7, 11) is -4.06. The summed E-state index contributed by atoms with van der Waals surface area (Å²) in [6.07, 6.45) is 0. The average Bonchev–Trinajstić information content (AvgIpc) is 2.50. The number of nitrogens with two attached hydrogens (primary N) is 2. The van der Waals surface area contributed by atoms with Gasteiger partial charge >= 0.3 is 0 Å². The van der Waals surface area contributed by atoms with Crippen LogP contribution in [0.3, 0.4) is 0 Å². The van der Waals surface area contributed by atoms with E-state index in [1.807, 2.05) is 4.72 Å². The molecule has 1 aromatic rings. The Hall–Kier alpha value is -2.13. The average molecular weight is 370 g/mol. The summed E-state index contributed by atoms with van der Waals surface area (Å²) in [4.78, 5) is 24.4. The molecular formula is C16H26N4O4S. The topological polar surface area (TPSA) is 144 Å². The van der Waals surface area contributed by atoms with Gasteiger partial charge in [0.1, 0.15) is 6.04 Å².